The van der Waals surface area contributed by atoms with Crippen LogP contribution < -0.4 is 0 Å². The molecule has 1 fully saturated rings. The van der Waals surface area contributed by atoms with E-state index in [2.05, 4.69) is 65.6 Å². The van der Waals surface area contributed by atoms with E-state index in [9.17, 15) is 9.59 Å². The van der Waals surface area contributed by atoms with Gasteiger partial charge in [0.25, 0.3) is 0 Å². The van der Waals surface area contributed by atoms with E-state index in [0.29, 0.717) is 32.6 Å². The standard InChI is InChI=1S/C37H39N3O2/c41-35(22-21-31-13-5-1-6-14-31)38(25-23-32-15-7-2-8-16-32)26-24-36(42)39-27-29-40(30-28-39)37(33-17-9-3-10-18-33)34-19-11-4-12-20-34/h1-22,37H,23-30H2/b22-21+. The molecule has 0 radical (unpaired) electrons. The second-order valence-electron chi connectivity index (χ2n) is 10.7. The van der Waals surface area contributed by atoms with E-state index >= 15 is 0 Å². The summed E-state index contributed by atoms with van der Waals surface area (Å²) in [5.41, 5.74) is 4.68. The number of carbonyl (C=O) groups excluding carboxylic acids is 2. The molecular formula is C37H39N3O2. The lowest BCUT2D eigenvalue weighted by molar-refractivity contribution is -0.134. The summed E-state index contributed by atoms with van der Waals surface area (Å²) in [5.74, 6) is 0.0381. The lowest BCUT2D eigenvalue weighted by atomic mass is 9.96. The van der Waals surface area contributed by atoms with Gasteiger partial charge in [-0.1, -0.05) is 121 Å². The van der Waals surface area contributed by atoms with Crippen LogP contribution in [0.2, 0.25) is 0 Å². The maximum atomic E-state index is 13.3. The van der Waals surface area contributed by atoms with Gasteiger partial charge in [0.1, 0.15) is 0 Å². The van der Waals surface area contributed by atoms with Crippen LogP contribution in [-0.4, -0.2) is 65.8 Å². The molecule has 1 aliphatic rings. The van der Waals surface area contributed by atoms with Gasteiger partial charge in [-0.25, -0.2) is 0 Å². The first-order valence-corrected chi connectivity index (χ1v) is 14.8. The fraction of sp³-hybridized carbons (Fsp3) is 0.243. The average Bonchev–Trinajstić information content (AvgIpc) is 3.06. The van der Waals surface area contributed by atoms with Gasteiger partial charge in [0.05, 0.1) is 6.04 Å². The number of rotatable bonds is 11. The summed E-state index contributed by atoms with van der Waals surface area (Å²) in [6.07, 6.45) is 4.53. The van der Waals surface area contributed by atoms with Crippen molar-refractivity contribution in [2.75, 3.05) is 39.3 Å². The Balaban J connectivity index is 1.19. The first kappa shape index (κ1) is 29.0. The van der Waals surface area contributed by atoms with E-state index in [1.165, 1.54) is 16.7 Å². The van der Waals surface area contributed by atoms with Crippen molar-refractivity contribution in [3.63, 3.8) is 0 Å². The first-order valence-electron chi connectivity index (χ1n) is 14.8. The second-order valence-corrected chi connectivity index (χ2v) is 10.7. The molecule has 1 heterocycles. The number of piperazine rings is 1. The fourth-order valence-electron chi connectivity index (χ4n) is 5.58. The zero-order valence-corrected chi connectivity index (χ0v) is 24.1. The van der Waals surface area contributed by atoms with Gasteiger partial charge >= 0.3 is 0 Å². The Morgan fingerprint density at radius 3 is 1.76 bits per heavy atom. The van der Waals surface area contributed by atoms with E-state index in [-0.39, 0.29) is 17.9 Å². The SMILES string of the molecule is O=C(/C=C/c1ccccc1)N(CCC(=O)N1CCN(C(c2ccccc2)c2ccccc2)CC1)CCc1ccccc1. The summed E-state index contributed by atoms with van der Waals surface area (Å²) in [6.45, 7) is 3.94. The van der Waals surface area contributed by atoms with E-state index in [1.54, 1.807) is 11.0 Å². The van der Waals surface area contributed by atoms with Gasteiger partial charge in [-0.3, -0.25) is 14.5 Å². The van der Waals surface area contributed by atoms with Crippen LogP contribution >= 0.6 is 0 Å². The predicted octanol–water partition coefficient (Wildman–Crippen LogP) is 6.10. The third-order valence-electron chi connectivity index (χ3n) is 7.90. The molecule has 1 saturated heterocycles. The zero-order valence-electron chi connectivity index (χ0n) is 24.1. The Bertz CT molecular complexity index is 1380. The van der Waals surface area contributed by atoms with E-state index in [0.717, 1.165) is 25.1 Å². The minimum Gasteiger partial charge on any atom is -0.340 e. The highest BCUT2D eigenvalue weighted by Gasteiger charge is 2.28. The molecule has 42 heavy (non-hydrogen) atoms. The highest BCUT2D eigenvalue weighted by molar-refractivity contribution is 5.92. The molecule has 0 bridgehead atoms. The van der Waals surface area contributed by atoms with Gasteiger partial charge in [-0.05, 0) is 34.8 Å². The molecular weight excluding hydrogens is 518 g/mol. The lowest BCUT2D eigenvalue weighted by Gasteiger charge is -2.40. The summed E-state index contributed by atoms with van der Waals surface area (Å²) >= 11 is 0. The smallest absolute Gasteiger partial charge is 0.246 e. The van der Waals surface area contributed by atoms with Crippen molar-refractivity contribution < 1.29 is 9.59 Å². The van der Waals surface area contributed by atoms with Gasteiger partial charge in [-0.2, -0.15) is 0 Å². The van der Waals surface area contributed by atoms with Crippen LogP contribution in [-0.2, 0) is 16.0 Å². The number of hydrogen-bond donors (Lipinski definition) is 0. The van der Waals surface area contributed by atoms with Gasteiger partial charge in [0.2, 0.25) is 11.8 Å². The molecule has 0 aromatic heterocycles. The normalized spacial score (nSPS) is 13.9. The van der Waals surface area contributed by atoms with Crippen molar-refractivity contribution >= 4 is 17.9 Å². The third kappa shape index (κ3) is 8.05. The number of carbonyl (C=O) groups is 2. The van der Waals surface area contributed by atoms with Gasteiger partial charge in [-0.15, -0.1) is 0 Å². The van der Waals surface area contributed by atoms with Crippen LogP contribution in [0.25, 0.3) is 6.08 Å². The second kappa shape index (κ2) is 14.9. The monoisotopic (exact) mass is 557 g/mol. The molecule has 0 N–H and O–H groups in total. The fourth-order valence-corrected chi connectivity index (χ4v) is 5.58. The molecule has 214 valence electrons. The Kier molecular flexibility index (Phi) is 10.3. The molecule has 5 rings (SSSR count). The van der Waals surface area contributed by atoms with Gasteiger partial charge < -0.3 is 9.80 Å². The minimum absolute atomic E-state index is 0.0685. The van der Waals surface area contributed by atoms with E-state index in [1.807, 2.05) is 71.6 Å². The highest BCUT2D eigenvalue weighted by atomic mass is 16.2. The maximum absolute atomic E-state index is 13.3. The van der Waals surface area contributed by atoms with Crippen molar-refractivity contribution in [1.29, 1.82) is 0 Å². The first-order chi connectivity index (χ1) is 20.7. The number of hydrogen-bond acceptors (Lipinski definition) is 3. The Hall–Kier alpha value is -4.48. The summed E-state index contributed by atoms with van der Waals surface area (Å²) in [5, 5.41) is 0. The molecule has 4 aromatic carbocycles. The average molecular weight is 558 g/mol. The molecule has 4 aromatic rings. The van der Waals surface area contributed by atoms with Crippen LogP contribution in [0.5, 0.6) is 0 Å². The van der Waals surface area contributed by atoms with Crippen LogP contribution in [0, 0.1) is 0 Å². The number of amides is 2. The summed E-state index contributed by atoms with van der Waals surface area (Å²) in [4.78, 5) is 32.8. The van der Waals surface area contributed by atoms with Crippen LogP contribution in [0.3, 0.4) is 0 Å². The molecule has 0 aliphatic carbocycles. The number of benzene rings is 4. The highest BCUT2D eigenvalue weighted by Crippen LogP contribution is 2.29. The summed E-state index contributed by atoms with van der Waals surface area (Å²) in [6, 6.07) is 41.3. The predicted molar refractivity (Wildman–Crippen MR) is 170 cm³/mol. The van der Waals surface area contributed by atoms with Crippen LogP contribution in [0.4, 0.5) is 0 Å². The molecule has 0 spiro atoms. The van der Waals surface area contributed by atoms with Gasteiger partial charge in [0, 0.05) is 51.8 Å². The Labute approximate surface area is 249 Å². The van der Waals surface area contributed by atoms with Crippen molar-refractivity contribution in [2.24, 2.45) is 0 Å². The molecule has 1 aliphatic heterocycles. The van der Waals surface area contributed by atoms with Crippen molar-refractivity contribution in [2.45, 2.75) is 18.9 Å². The quantitative estimate of drug-likeness (QED) is 0.210. The van der Waals surface area contributed by atoms with E-state index in [4.69, 9.17) is 0 Å². The van der Waals surface area contributed by atoms with E-state index < -0.39 is 0 Å². The Morgan fingerprint density at radius 1 is 0.667 bits per heavy atom. The Morgan fingerprint density at radius 2 is 1.19 bits per heavy atom. The third-order valence-corrected chi connectivity index (χ3v) is 7.90. The maximum Gasteiger partial charge on any atom is 0.246 e. The summed E-state index contributed by atoms with van der Waals surface area (Å²) in [7, 11) is 0. The molecule has 2 amide bonds. The largest absolute Gasteiger partial charge is 0.340 e. The summed E-state index contributed by atoms with van der Waals surface area (Å²) < 4.78 is 0. The minimum atomic E-state index is -0.0685. The topological polar surface area (TPSA) is 43.9 Å². The van der Waals surface area contributed by atoms with Crippen LogP contribution in [0.1, 0.15) is 34.7 Å². The molecule has 0 atom stereocenters. The van der Waals surface area contributed by atoms with Gasteiger partial charge in [0.15, 0.2) is 0 Å². The molecule has 5 heteroatoms. The molecule has 0 unspecified atom stereocenters. The molecule has 5 nitrogen and oxygen atoms in total. The number of nitrogens with zero attached hydrogens (tertiary/aromatic N) is 3. The van der Waals surface area contributed by atoms with Crippen molar-refractivity contribution in [1.82, 2.24) is 14.7 Å². The zero-order chi connectivity index (χ0) is 29.0. The lowest BCUT2D eigenvalue weighted by Crippen LogP contribution is -2.50. The van der Waals surface area contributed by atoms with Crippen LogP contribution in [0.15, 0.2) is 127 Å². The van der Waals surface area contributed by atoms with Crippen molar-refractivity contribution in [3.05, 3.63) is 150 Å². The molecule has 0 saturated carbocycles. The van der Waals surface area contributed by atoms with Crippen molar-refractivity contribution in [3.8, 4) is 0 Å².